The Morgan fingerprint density at radius 3 is 2.45 bits per heavy atom. The Kier molecular flexibility index (Phi) is 8.78. The van der Waals surface area contributed by atoms with Crippen LogP contribution in [0.15, 0.2) is 18.3 Å². The molecule has 0 radical (unpaired) electrons. The van der Waals surface area contributed by atoms with E-state index in [1.165, 1.54) is 38.3 Å². The van der Waals surface area contributed by atoms with Gasteiger partial charge in [-0.2, -0.15) is 12.6 Å². The molecule has 20 heavy (non-hydrogen) atoms. The van der Waals surface area contributed by atoms with Crippen molar-refractivity contribution < 1.29 is 9.66 Å². The second-order valence-corrected chi connectivity index (χ2v) is 5.08. The van der Waals surface area contributed by atoms with Crippen LogP contribution in [0.5, 0.6) is 5.75 Å². The van der Waals surface area contributed by atoms with Crippen LogP contribution in [-0.2, 0) is 0 Å². The van der Waals surface area contributed by atoms with Crippen molar-refractivity contribution in [2.45, 2.75) is 44.9 Å². The first-order chi connectivity index (χ1) is 9.75. The highest BCUT2D eigenvalue weighted by Crippen LogP contribution is 2.23. The number of nitrogens with zero attached hydrogens (tertiary/aromatic N) is 2. The molecule has 0 atom stereocenters. The molecule has 6 heteroatoms. The Hall–Kier alpha value is -1.30. The molecule has 0 N–H and O–H groups in total. The number of unbranched alkanes of at least 4 members (excludes halogenated alkanes) is 6. The van der Waals surface area contributed by atoms with Crippen LogP contribution >= 0.6 is 12.6 Å². The molecule has 0 unspecified atom stereocenters. The second-order valence-electron chi connectivity index (χ2n) is 4.63. The zero-order valence-electron chi connectivity index (χ0n) is 11.7. The summed E-state index contributed by atoms with van der Waals surface area (Å²) < 4.78 is 5.43. The lowest BCUT2D eigenvalue weighted by Gasteiger charge is -2.06. The van der Waals surface area contributed by atoms with E-state index in [0.717, 1.165) is 18.6 Å². The average Bonchev–Trinajstić information content (AvgIpc) is 2.46. The zero-order valence-corrected chi connectivity index (χ0v) is 12.6. The highest BCUT2D eigenvalue weighted by atomic mass is 32.1. The first kappa shape index (κ1) is 16.8. The highest BCUT2D eigenvalue weighted by molar-refractivity contribution is 7.80. The Bertz CT molecular complexity index is 402. The topological polar surface area (TPSA) is 65.3 Å². The normalized spacial score (nSPS) is 10.4. The van der Waals surface area contributed by atoms with E-state index in [9.17, 15) is 10.1 Å². The summed E-state index contributed by atoms with van der Waals surface area (Å²) in [5.41, 5.74) is 0. The first-order valence-electron chi connectivity index (χ1n) is 7.08. The van der Waals surface area contributed by atoms with E-state index < -0.39 is 4.92 Å². The molecule has 0 aromatic carbocycles. The van der Waals surface area contributed by atoms with E-state index in [1.54, 1.807) is 12.1 Å². The van der Waals surface area contributed by atoms with Gasteiger partial charge in [0, 0.05) is 0 Å². The minimum atomic E-state index is -0.517. The summed E-state index contributed by atoms with van der Waals surface area (Å²) in [6, 6.07) is 3.23. The molecule has 0 bridgehead atoms. The molecule has 0 amide bonds. The fourth-order valence-corrected chi connectivity index (χ4v) is 2.14. The van der Waals surface area contributed by atoms with E-state index in [2.05, 4.69) is 17.6 Å². The van der Waals surface area contributed by atoms with Crippen LogP contribution in [0.4, 0.5) is 5.82 Å². The summed E-state index contributed by atoms with van der Waals surface area (Å²) in [4.78, 5) is 13.9. The second kappa shape index (κ2) is 10.5. The van der Waals surface area contributed by atoms with Gasteiger partial charge in [0.1, 0.15) is 6.20 Å². The summed E-state index contributed by atoms with van der Waals surface area (Å²) >= 11 is 4.18. The van der Waals surface area contributed by atoms with Crippen LogP contribution in [0.2, 0.25) is 0 Å². The molecule has 0 saturated heterocycles. The number of aromatic nitrogens is 1. The Morgan fingerprint density at radius 2 is 1.80 bits per heavy atom. The van der Waals surface area contributed by atoms with Gasteiger partial charge < -0.3 is 14.9 Å². The van der Waals surface area contributed by atoms with Crippen LogP contribution in [-0.4, -0.2) is 22.3 Å². The van der Waals surface area contributed by atoms with Crippen molar-refractivity contribution in [1.29, 1.82) is 0 Å². The number of thiol groups is 1. The van der Waals surface area contributed by atoms with Crippen LogP contribution in [0.3, 0.4) is 0 Å². The number of nitro groups is 1. The maximum absolute atomic E-state index is 10.7. The summed E-state index contributed by atoms with van der Waals surface area (Å²) in [5.74, 6) is 1.02. The van der Waals surface area contributed by atoms with Crippen molar-refractivity contribution >= 4 is 18.4 Å². The molecule has 0 spiro atoms. The molecule has 1 rings (SSSR count). The number of ether oxygens (including phenoxy) is 1. The molecule has 1 aromatic heterocycles. The summed E-state index contributed by atoms with van der Waals surface area (Å²) in [6.07, 6.45) is 9.53. The minimum absolute atomic E-state index is 0.209. The lowest BCUT2D eigenvalue weighted by Crippen LogP contribution is -2.01. The van der Waals surface area contributed by atoms with Gasteiger partial charge in [-0.1, -0.05) is 32.1 Å². The molecule has 1 heterocycles. The van der Waals surface area contributed by atoms with Crippen molar-refractivity contribution in [3.63, 3.8) is 0 Å². The lowest BCUT2D eigenvalue weighted by atomic mass is 10.1. The van der Waals surface area contributed by atoms with Gasteiger partial charge >= 0.3 is 5.82 Å². The van der Waals surface area contributed by atoms with E-state index >= 15 is 0 Å². The van der Waals surface area contributed by atoms with Crippen molar-refractivity contribution in [3.8, 4) is 5.75 Å². The zero-order chi connectivity index (χ0) is 14.6. The van der Waals surface area contributed by atoms with E-state index in [1.807, 2.05) is 0 Å². The summed E-state index contributed by atoms with van der Waals surface area (Å²) in [5, 5.41) is 10.7. The van der Waals surface area contributed by atoms with Gasteiger partial charge in [-0.15, -0.1) is 0 Å². The van der Waals surface area contributed by atoms with Gasteiger partial charge in [-0.05, 0) is 40.6 Å². The molecule has 0 saturated carbocycles. The monoisotopic (exact) mass is 298 g/mol. The van der Waals surface area contributed by atoms with Gasteiger partial charge in [-0.25, -0.2) is 0 Å². The van der Waals surface area contributed by atoms with Crippen molar-refractivity contribution in [1.82, 2.24) is 4.98 Å². The van der Waals surface area contributed by atoms with E-state index in [4.69, 9.17) is 4.74 Å². The molecule has 0 aliphatic carbocycles. The van der Waals surface area contributed by atoms with Crippen molar-refractivity contribution in [3.05, 3.63) is 28.4 Å². The predicted octanol–water partition coefficient (Wildman–Crippen LogP) is 4.03. The summed E-state index contributed by atoms with van der Waals surface area (Å²) in [6.45, 7) is 0.503. The maximum Gasteiger partial charge on any atom is 0.406 e. The van der Waals surface area contributed by atoms with Gasteiger partial charge in [0.25, 0.3) is 0 Å². The fraction of sp³-hybridized carbons (Fsp3) is 0.643. The highest BCUT2D eigenvalue weighted by Gasteiger charge is 2.14. The third-order valence-electron chi connectivity index (χ3n) is 2.98. The summed E-state index contributed by atoms with van der Waals surface area (Å²) in [7, 11) is 0. The molecule has 0 aliphatic heterocycles. The quantitative estimate of drug-likeness (QED) is 0.290. The maximum atomic E-state index is 10.7. The molecular formula is C14H22N2O3S. The number of rotatable bonds is 11. The molecule has 5 nitrogen and oxygen atoms in total. The SMILES string of the molecule is O=[N+]([O-])c1ncccc1OCCCCCCCCCS. The Labute approximate surface area is 125 Å². The van der Waals surface area contributed by atoms with E-state index in [-0.39, 0.29) is 11.6 Å². The van der Waals surface area contributed by atoms with Gasteiger partial charge in [-0.3, -0.25) is 0 Å². The number of hydrogen-bond acceptors (Lipinski definition) is 5. The number of pyridine rings is 1. The largest absolute Gasteiger partial charge is 0.486 e. The minimum Gasteiger partial charge on any atom is -0.486 e. The predicted molar refractivity (Wildman–Crippen MR) is 82.6 cm³/mol. The standard InChI is InChI=1S/C14H22N2O3S/c17-16(18)14-13(9-8-10-15-14)19-11-6-4-2-1-3-5-7-12-20/h8-10,20H,1-7,11-12H2. The van der Waals surface area contributed by atoms with E-state index in [0.29, 0.717) is 6.61 Å². The number of hydrogen-bond donors (Lipinski definition) is 1. The third-order valence-corrected chi connectivity index (χ3v) is 3.30. The Balaban J connectivity index is 2.11. The van der Waals surface area contributed by atoms with Crippen molar-refractivity contribution in [2.75, 3.05) is 12.4 Å². The molecule has 112 valence electrons. The van der Waals surface area contributed by atoms with Gasteiger partial charge in [0.15, 0.2) is 0 Å². The van der Waals surface area contributed by atoms with Crippen molar-refractivity contribution in [2.24, 2.45) is 0 Å². The van der Waals surface area contributed by atoms with Gasteiger partial charge in [0.2, 0.25) is 5.75 Å². The Morgan fingerprint density at radius 1 is 1.15 bits per heavy atom. The smallest absolute Gasteiger partial charge is 0.406 e. The molecule has 0 aliphatic rings. The third kappa shape index (κ3) is 6.75. The first-order valence-corrected chi connectivity index (χ1v) is 7.72. The molecular weight excluding hydrogens is 276 g/mol. The fourth-order valence-electron chi connectivity index (χ4n) is 1.91. The van der Waals surface area contributed by atoms with Gasteiger partial charge in [0.05, 0.1) is 6.61 Å². The molecule has 0 fully saturated rings. The average molecular weight is 298 g/mol. The van der Waals surface area contributed by atoms with Crippen LogP contribution in [0.25, 0.3) is 0 Å². The van der Waals surface area contributed by atoms with Crippen LogP contribution < -0.4 is 4.74 Å². The van der Waals surface area contributed by atoms with Crippen LogP contribution in [0, 0.1) is 10.1 Å². The van der Waals surface area contributed by atoms with Crippen LogP contribution in [0.1, 0.15) is 44.9 Å². The lowest BCUT2D eigenvalue weighted by molar-refractivity contribution is -0.390. The molecule has 1 aromatic rings.